The Kier molecular flexibility index (Phi) is 4.54. The number of amides is 1. The minimum atomic E-state index is -0.382. The molecule has 6 heteroatoms. The minimum Gasteiger partial charge on any atom is -0.440 e. The van der Waals surface area contributed by atoms with Gasteiger partial charge in [-0.2, -0.15) is 5.26 Å². The Morgan fingerprint density at radius 1 is 1.22 bits per heavy atom. The molecule has 5 nitrogen and oxygen atoms in total. The number of piperidine rings is 1. The lowest BCUT2D eigenvalue weighted by Crippen LogP contribution is -2.30. The van der Waals surface area contributed by atoms with E-state index in [9.17, 15) is 4.79 Å². The molecular weight excluding hydrogens is 314 g/mol. The standard InChI is InChI=1S/C17H16ClN3O2/c18-12-4-6-14(15(10-12)21-8-2-1-3-9-21)20-17(22)16-7-5-13(11-19)23-16/h4-7,10H,1-3,8-9H2,(H,20,22). The number of hydrogen-bond donors (Lipinski definition) is 1. The molecule has 0 radical (unpaired) electrons. The van der Waals surface area contributed by atoms with Crippen molar-refractivity contribution >= 4 is 28.9 Å². The summed E-state index contributed by atoms with van der Waals surface area (Å²) in [4.78, 5) is 14.5. The van der Waals surface area contributed by atoms with Gasteiger partial charge in [-0.15, -0.1) is 0 Å². The van der Waals surface area contributed by atoms with E-state index in [1.807, 2.05) is 12.1 Å². The van der Waals surface area contributed by atoms with Gasteiger partial charge in [0.25, 0.3) is 5.91 Å². The van der Waals surface area contributed by atoms with Crippen LogP contribution in [0.1, 0.15) is 35.6 Å². The van der Waals surface area contributed by atoms with Crippen LogP contribution in [0.15, 0.2) is 34.7 Å². The molecule has 0 bridgehead atoms. The first-order valence-electron chi connectivity index (χ1n) is 7.53. The van der Waals surface area contributed by atoms with Gasteiger partial charge in [0.15, 0.2) is 5.76 Å². The van der Waals surface area contributed by atoms with Crippen molar-refractivity contribution < 1.29 is 9.21 Å². The van der Waals surface area contributed by atoms with Crippen LogP contribution >= 0.6 is 11.6 Å². The maximum absolute atomic E-state index is 12.3. The van der Waals surface area contributed by atoms with E-state index in [0.29, 0.717) is 10.7 Å². The number of benzene rings is 1. The summed E-state index contributed by atoms with van der Waals surface area (Å²) < 4.78 is 5.16. The van der Waals surface area contributed by atoms with Crippen LogP contribution in [-0.4, -0.2) is 19.0 Å². The van der Waals surface area contributed by atoms with Crippen molar-refractivity contribution in [1.82, 2.24) is 0 Å². The number of carbonyl (C=O) groups is 1. The quantitative estimate of drug-likeness (QED) is 0.922. The molecule has 1 saturated heterocycles. The Morgan fingerprint density at radius 3 is 2.70 bits per heavy atom. The summed E-state index contributed by atoms with van der Waals surface area (Å²) in [5.74, 6) is -0.157. The third-order valence-corrected chi connectivity index (χ3v) is 4.08. The van der Waals surface area contributed by atoms with E-state index in [2.05, 4.69) is 10.2 Å². The highest BCUT2D eigenvalue weighted by Gasteiger charge is 2.18. The molecular formula is C17H16ClN3O2. The maximum atomic E-state index is 12.3. The number of nitriles is 1. The zero-order chi connectivity index (χ0) is 16.2. The topological polar surface area (TPSA) is 69.3 Å². The van der Waals surface area contributed by atoms with Crippen LogP contribution in [0.4, 0.5) is 11.4 Å². The van der Waals surface area contributed by atoms with Crippen molar-refractivity contribution in [1.29, 1.82) is 5.26 Å². The summed E-state index contributed by atoms with van der Waals surface area (Å²) >= 11 is 6.12. The van der Waals surface area contributed by atoms with Gasteiger partial charge in [0.05, 0.1) is 11.4 Å². The fourth-order valence-electron chi connectivity index (χ4n) is 2.71. The normalized spacial score (nSPS) is 14.3. The van der Waals surface area contributed by atoms with Crippen LogP contribution in [0.25, 0.3) is 0 Å². The highest BCUT2D eigenvalue weighted by atomic mass is 35.5. The summed E-state index contributed by atoms with van der Waals surface area (Å²) in [6.45, 7) is 1.89. The molecule has 1 fully saturated rings. The van der Waals surface area contributed by atoms with E-state index in [0.717, 1.165) is 31.6 Å². The van der Waals surface area contributed by atoms with Crippen molar-refractivity contribution in [3.05, 3.63) is 46.9 Å². The molecule has 1 aromatic heterocycles. The monoisotopic (exact) mass is 329 g/mol. The summed E-state index contributed by atoms with van der Waals surface area (Å²) in [5, 5.41) is 12.2. The molecule has 0 atom stereocenters. The third kappa shape index (κ3) is 3.49. The van der Waals surface area contributed by atoms with Crippen molar-refractivity contribution in [2.75, 3.05) is 23.3 Å². The highest BCUT2D eigenvalue weighted by Crippen LogP contribution is 2.31. The molecule has 2 aromatic rings. The van der Waals surface area contributed by atoms with E-state index < -0.39 is 0 Å². The Balaban J connectivity index is 1.84. The SMILES string of the molecule is N#Cc1ccc(C(=O)Nc2ccc(Cl)cc2N2CCCCC2)o1. The van der Waals surface area contributed by atoms with Gasteiger partial charge in [0.1, 0.15) is 6.07 Å². The summed E-state index contributed by atoms with van der Waals surface area (Å²) in [7, 11) is 0. The Morgan fingerprint density at radius 2 is 2.00 bits per heavy atom. The Labute approximate surface area is 139 Å². The van der Waals surface area contributed by atoms with Gasteiger partial charge in [-0.25, -0.2) is 0 Å². The van der Waals surface area contributed by atoms with Gasteiger partial charge in [-0.3, -0.25) is 4.79 Å². The number of nitrogens with zero attached hydrogens (tertiary/aromatic N) is 2. The Hall–Kier alpha value is -2.45. The molecule has 118 valence electrons. The molecule has 1 amide bonds. The van der Waals surface area contributed by atoms with Crippen LogP contribution < -0.4 is 10.2 Å². The number of nitrogens with one attached hydrogen (secondary N) is 1. The van der Waals surface area contributed by atoms with Gasteiger partial charge in [0, 0.05) is 18.1 Å². The second kappa shape index (κ2) is 6.76. The Bertz CT molecular complexity index is 757. The second-order valence-electron chi connectivity index (χ2n) is 5.44. The molecule has 0 spiro atoms. The molecule has 1 aliphatic rings. The van der Waals surface area contributed by atoms with Crippen LogP contribution in [0.5, 0.6) is 0 Å². The average Bonchev–Trinajstić information content (AvgIpc) is 3.06. The molecule has 1 aliphatic heterocycles. The van der Waals surface area contributed by atoms with Crippen LogP contribution in [0.2, 0.25) is 5.02 Å². The number of anilines is 2. The van der Waals surface area contributed by atoms with Gasteiger partial charge in [-0.05, 0) is 49.6 Å². The summed E-state index contributed by atoms with van der Waals surface area (Å²) in [6, 6.07) is 10.2. The van der Waals surface area contributed by atoms with Crippen molar-refractivity contribution in [3.8, 4) is 6.07 Å². The number of hydrogen-bond acceptors (Lipinski definition) is 4. The zero-order valence-electron chi connectivity index (χ0n) is 12.5. The van der Waals surface area contributed by atoms with E-state index >= 15 is 0 Å². The summed E-state index contributed by atoms with van der Waals surface area (Å²) in [5.41, 5.74) is 1.61. The largest absolute Gasteiger partial charge is 0.440 e. The van der Waals surface area contributed by atoms with Gasteiger partial charge >= 0.3 is 0 Å². The number of rotatable bonds is 3. The van der Waals surface area contributed by atoms with Gasteiger partial charge in [0.2, 0.25) is 5.76 Å². The van der Waals surface area contributed by atoms with Crippen molar-refractivity contribution in [2.24, 2.45) is 0 Å². The molecule has 0 unspecified atom stereocenters. The number of carbonyl (C=O) groups excluding carboxylic acids is 1. The summed E-state index contributed by atoms with van der Waals surface area (Å²) in [6.07, 6.45) is 3.48. The van der Waals surface area contributed by atoms with E-state index in [1.165, 1.54) is 18.6 Å². The predicted octanol–water partition coefficient (Wildman–Crippen LogP) is 4.05. The van der Waals surface area contributed by atoms with Gasteiger partial charge < -0.3 is 14.6 Å². The van der Waals surface area contributed by atoms with Crippen molar-refractivity contribution in [3.63, 3.8) is 0 Å². The minimum absolute atomic E-state index is 0.112. The van der Waals surface area contributed by atoms with Crippen LogP contribution in [0, 0.1) is 11.3 Å². The lowest BCUT2D eigenvalue weighted by Gasteiger charge is -2.30. The van der Waals surface area contributed by atoms with E-state index in [1.54, 1.807) is 12.1 Å². The zero-order valence-corrected chi connectivity index (χ0v) is 13.3. The predicted molar refractivity (Wildman–Crippen MR) is 88.9 cm³/mol. The first-order valence-corrected chi connectivity index (χ1v) is 7.91. The molecule has 2 heterocycles. The molecule has 1 aromatic carbocycles. The molecule has 23 heavy (non-hydrogen) atoms. The molecule has 3 rings (SSSR count). The van der Waals surface area contributed by atoms with Crippen LogP contribution in [-0.2, 0) is 0 Å². The smallest absolute Gasteiger partial charge is 0.291 e. The number of halogens is 1. The highest BCUT2D eigenvalue weighted by molar-refractivity contribution is 6.31. The first kappa shape index (κ1) is 15.4. The van der Waals surface area contributed by atoms with Crippen molar-refractivity contribution in [2.45, 2.75) is 19.3 Å². The fraction of sp³-hybridized carbons (Fsp3) is 0.294. The first-order chi connectivity index (χ1) is 11.2. The van der Waals surface area contributed by atoms with Gasteiger partial charge in [-0.1, -0.05) is 11.6 Å². The lowest BCUT2D eigenvalue weighted by atomic mass is 10.1. The second-order valence-corrected chi connectivity index (χ2v) is 5.88. The fourth-order valence-corrected chi connectivity index (χ4v) is 2.88. The van der Waals surface area contributed by atoms with E-state index in [-0.39, 0.29) is 17.4 Å². The number of furan rings is 1. The van der Waals surface area contributed by atoms with E-state index in [4.69, 9.17) is 21.3 Å². The molecule has 0 aliphatic carbocycles. The lowest BCUT2D eigenvalue weighted by molar-refractivity contribution is 0.0996. The molecule has 1 N–H and O–H groups in total. The maximum Gasteiger partial charge on any atom is 0.291 e. The average molecular weight is 330 g/mol. The third-order valence-electron chi connectivity index (χ3n) is 3.84. The van der Waals surface area contributed by atoms with Crippen LogP contribution in [0.3, 0.4) is 0 Å². The molecule has 0 saturated carbocycles.